The fourth-order valence-corrected chi connectivity index (χ4v) is 7.18. The van der Waals surface area contributed by atoms with Gasteiger partial charge in [0.15, 0.2) is 0 Å². The fraction of sp³-hybridized carbons (Fsp3) is 0.594. The van der Waals surface area contributed by atoms with Crippen molar-refractivity contribution in [3.05, 3.63) is 48.6 Å². The molecule has 5 rings (SSSR count). The second-order valence-corrected chi connectivity index (χ2v) is 11.9. The number of benzene rings is 1. The van der Waals surface area contributed by atoms with Gasteiger partial charge in [-0.05, 0) is 62.3 Å². The molecule has 1 N–H and O–H groups in total. The van der Waals surface area contributed by atoms with Gasteiger partial charge >= 0.3 is 5.97 Å². The molecule has 0 bridgehead atoms. The number of hydrogen-bond donors (Lipinski definition) is 1. The lowest BCUT2D eigenvalue weighted by molar-refractivity contribution is -0.161. The molecule has 4 heterocycles. The summed E-state index contributed by atoms with van der Waals surface area (Å²) in [6.07, 6.45) is 11.0. The zero-order valence-electron chi connectivity index (χ0n) is 24.5. The van der Waals surface area contributed by atoms with Crippen molar-refractivity contribution in [2.24, 2.45) is 17.8 Å². The van der Waals surface area contributed by atoms with Crippen LogP contribution in [0.2, 0.25) is 0 Å². The second kappa shape index (κ2) is 11.6. The van der Waals surface area contributed by atoms with Crippen LogP contribution < -0.4 is 9.64 Å². The summed E-state index contributed by atoms with van der Waals surface area (Å²) in [4.78, 5) is 46.2. The van der Waals surface area contributed by atoms with E-state index in [-0.39, 0.29) is 37.5 Å². The molecule has 0 aliphatic carbocycles. The number of nitrogens with zero attached hydrogens (tertiary/aromatic N) is 2. The number of cyclic esters (lactones) is 1. The number of carbonyl (C=O) groups excluding carboxylic acids is 3. The van der Waals surface area contributed by atoms with E-state index < -0.39 is 41.1 Å². The van der Waals surface area contributed by atoms with Crippen LogP contribution in [0.5, 0.6) is 5.75 Å². The minimum absolute atomic E-state index is 0.155. The van der Waals surface area contributed by atoms with E-state index in [0.29, 0.717) is 24.3 Å². The Kier molecular flexibility index (Phi) is 8.30. The third-order valence-corrected chi connectivity index (χ3v) is 9.05. The summed E-state index contributed by atoms with van der Waals surface area (Å²) in [5.74, 6) is -2.22. The molecular formula is C32H42N2O7. The normalized spacial score (nSPS) is 33.1. The quantitative estimate of drug-likeness (QED) is 0.397. The standard InChI is InChI=1S/C32H42N2O7/c1-5-31-15-8-6-7-9-18-40-30(38)26(31)25-28(36)34(23(20-35)19-21(2)3)27-29(37)33(17-10-16-32(25,27)41-31)22-11-13-24(39-4)14-12-22/h8,10-16,21,23,25-27,35H,5-7,9,17-20H2,1-4H3/b15-8-/t23-,25+,26-,27?,31+,32+/m1/s1. The first-order valence-electron chi connectivity index (χ1n) is 14.8. The maximum absolute atomic E-state index is 14.7. The lowest BCUT2D eigenvalue weighted by Gasteiger charge is -2.41. The Balaban J connectivity index is 1.68. The summed E-state index contributed by atoms with van der Waals surface area (Å²) in [5, 5.41) is 10.5. The van der Waals surface area contributed by atoms with Gasteiger partial charge in [-0.25, -0.2) is 0 Å². The lowest BCUT2D eigenvalue weighted by Crippen LogP contribution is -2.59. The van der Waals surface area contributed by atoms with Gasteiger partial charge in [-0.15, -0.1) is 0 Å². The van der Waals surface area contributed by atoms with Crippen LogP contribution in [-0.4, -0.2) is 77.9 Å². The summed E-state index contributed by atoms with van der Waals surface area (Å²) >= 11 is 0. The fourth-order valence-electron chi connectivity index (χ4n) is 7.18. The van der Waals surface area contributed by atoms with E-state index in [0.717, 1.165) is 19.3 Å². The van der Waals surface area contributed by atoms with Gasteiger partial charge in [0.1, 0.15) is 28.9 Å². The van der Waals surface area contributed by atoms with Crippen LogP contribution in [0, 0.1) is 17.8 Å². The summed E-state index contributed by atoms with van der Waals surface area (Å²) in [5.41, 5.74) is -1.86. The van der Waals surface area contributed by atoms with Crippen LogP contribution in [0.25, 0.3) is 0 Å². The molecule has 2 fully saturated rings. The molecule has 9 heteroatoms. The first kappa shape index (κ1) is 29.3. The molecule has 41 heavy (non-hydrogen) atoms. The number of ether oxygens (including phenoxy) is 3. The third kappa shape index (κ3) is 4.87. The van der Waals surface area contributed by atoms with Gasteiger partial charge in [0, 0.05) is 12.2 Å². The Bertz CT molecular complexity index is 1210. The average molecular weight is 567 g/mol. The number of amides is 2. The number of methoxy groups -OCH3 is 1. The van der Waals surface area contributed by atoms with Crippen LogP contribution in [0.15, 0.2) is 48.6 Å². The zero-order valence-corrected chi connectivity index (χ0v) is 24.5. The third-order valence-electron chi connectivity index (χ3n) is 9.05. The molecule has 0 saturated carbocycles. The highest BCUT2D eigenvalue weighted by Crippen LogP contribution is 2.58. The number of aliphatic hydroxyl groups is 1. The summed E-state index contributed by atoms with van der Waals surface area (Å²) in [6.45, 7) is 6.19. The van der Waals surface area contributed by atoms with E-state index in [1.165, 1.54) is 4.90 Å². The van der Waals surface area contributed by atoms with Gasteiger partial charge in [-0.2, -0.15) is 0 Å². The van der Waals surface area contributed by atoms with Crippen molar-refractivity contribution in [2.75, 3.05) is 31.8 Å². The molecular weight excluding hydrogens is 524 g/mol. The van der Waals surface area contributed by atoms with Crippen molar-refractivity contribution < 1.29 is 33.7 Å². The van der Waals surface area contributed by atoms with Crippen LogP contribution in [-0.2, 0) is 23.9 Å². The van der Waals surface area contributed by atoms with E-state index in [4.69, 9.17) is 14.2 Å². The maximum Gasteiger partial charge on any atom is 0.313 e. The number of allylic oxidation sites excluding steroid dienone is 1. The minimum atomic E-state index is -1.40. The van der Waals surface area contributed by atoms with Crippen LogP contribution in [0.1, 0.15) is 52.9 Å². The molecule has 4 aliphatic rings. The molecule has 1 spiro atoms. The molecule has 2 saturated heterocycles. The molecule has 6 atom stereocenters. The lowest BCUT2D eigenvalue weighted by atomic mass is 9.73. The van der Waals surface area contributed by atoms with Gasteiger partial charge in [-0.3, -0.25) is 14.4 Å². The molecule has 1 aromatic rings. The molecule has 2 amide bonds. The van der Waals surface area contributed by atoms with E-state index >= 15 is 0 Å². The smallest absolute Gasteiger partial charge is 0.313 e. The average Bonchev–Trinajstić information content (AvgIpc) is 3.33. The Hall–Kier alpha value is -3.17. The van der Waals surface area contributed by atoms with Crippen LogP contribution in [0.3, 0.4) is 0 Å². The van der Waals surface area contributed by atoms with Crippen molar-refractivity contribution in [1.82, 2.24) is 4.90 Å². The Morgan fingerprint density at radius 2 is 1.80 bits per heavy atom. The van der Waals surface area contributed by atoms with Crippen molar-refractivity contribution in [2.45, 2.75) is 76.2 Å². The SMILES string of the molecule is CC[C@]12/C=C\CCCCOC(=O)[C@H]1[C@H]1C(=O)N([C@@H](CO)CC(C)C)C3C(=O)N(c4ccc(OC)cc4)CC=C[C@@]31O2. The molecule has 0 radical (unpaired) electrons. The predicted octanol–water partition coefficient (Wildman–Crippen LogP) is 3.65. The number of hydrogen-bond acceptors (Lipinski definition) is 7. The zero-order chi connectivity index (χ0) is 29.4. The topological polar surface area (TPSA) is 106 Å². The Morgan fingerprint density at radius 1 is 1.05 bits per heavy atom. The van der Waals surface area contributed by atoms with Gasteiger partial charge < -0.3 is 29.1 Å². The van der Waals surface area contributed by atoms with Gasteiger partial charge in [-0.1, -0.05) is 45.1 Å². The van der Waals surface area contributed by atoms with E-state index in [2.05, 4.69) is 0 Å². The molecule has 1 unspecified atom stereocenters. The predicted molar refractivity (Wildman–Crippen MR) is 153 cm³/mol. The number of rotatable bonds is 7. The highest BCUT2D eigenvalue weighted by Gasteiger charge is 2.75. The van der Waals surface area contributed by atoms with Gasteiger partial charge in [0.05, 0.1) is 32.3 Å². The minimum Gasteiger partial charge on any atom is -0.497 e. The number of likely N-dealkylation sites (tertiary alicyclic amines) is 1. The van der Waals surface area contributed by atoms with Crippen molar-refractivity contribution in [1.29, 1.82) is 0 Å². The number of fused-ring (bicyclic) bond motifs is 2. The maximum atomic E-state index is 14.7. The van der Waals surface area contributed by atoms with E-state index in [1.807, 2.05) is 57.2 Å². The molecule has 222 valence electrons. The van der Waals surface area contributed by atoms with Gasteiger partial charge in [0.25, 0.3) is 5.91 Å². The highest BCUT2D eigenvalue weighted by molar-refractivity contribution is 6.05. The summed E-state index contributed by atoms with van der Waals surface area (Å²) < 4.78 is 18.1. The largest absolute Gasteiger partial charge is 0.497 e. The molecule has 0 aromatic heterocycles. The Morgan fingerprint density at radius 3 is 2.46 bits per heavy atom. The summed E-state index contributed by atoms with van der Waals surface area (Å²) in [7, 11) is 1.58. The number of esters is 1. The van der Waals surface area contributed by atoms with Gasteiger partial charge in [0.2, 0.25) is 5.91 Å². The van der Waals surface area contributed by atoms with E-state index in [1.54, 1.807) is 24.1 Å². The molecule has 9 nitrogen and oxygen atoms in total. The number of anilines is 1. The second-order valence-electron chi connectivity index (χ2n) is 11.9. The molecule has 1 aromatic carbocycles. The summed E-state index contributed by atoms with van der Waals surface area (Å²) in [6, 6.07) is 5.50. The number of carbonyl (C=O) groups is 3. The number of aliphatic hydroxyl groups excluding tert-OH is 1. The first-order chi connectivity index (χ1) is 19.7. The highest BCUT2D eigenvalue weighted by atomic mass is 16.6. The van der Waals surface area contributed by atoms with Crippen LogP contribution in [0.4, 0.5) is 5.69 Å². The van der Waals surface area contributed by atoms with Crippen molar-refractivity contribution in [3.8, 4) is 5.75 Å². The molecule has 4 aliphatic heterocycles. The monoisotopic (exact) mass is 566 g/mol. The van der Waals surface area contributed by atoms with E-state index in [9.17, 15) is 19.5 Å². The first-order valence-corrected chi connectivity index (χ1v) is 14.8. The Labute approximate surface area is 242 Å². The van der Waals surface area contributed by atoms with Crippen molar-refractivity contribution >= 4 is 23.5 Å². The van der Waals surface area contributed by atoms with Crippen LogP contribution >= 0.6 is 0 Å². The van der Waals surface area contributed by atoms with Crippen molar-refractivity contribution in [3.63, 3.8) is 0 Å².